The molecule has 0 spiro atoms. The molecule has 1 aliphatic heterocycles. The Balaban J connectivity index is 1.87. The van der Waals surface area contributed by atoms with E-state index in [1.807, 2.05) is 4.72 Å². The van der Waals surface area contributed by atoms with Crippen molar-refractivity contribution in [3.05, 3.63) is 24.3 Å². The van der Waals surface area contributed by atoms with Gasteiger partial charge < -0.3 is 10.1 Å². The molecule has 1 fully saturated rings. The second-order valence-corrected chi connectivity index (χ2v) is 12.8. The number of nitrogens with zero attached hydrogens (tertiary/aromatic N) is 1. The summed E-state index contributed by atoms with van der Waals surface area (Å²) in [5, 5.41) is 4.78. The van der Waals surface area contributed by atoms with Crippen molar-refractivity contribution >= 4 is 27.5 Å². The van der Waals surface area contributed by atoms with Gasteiger partial charge in [-0.25, -0.2) is 13.1 Å². The van der Waals surface area contributed by atoms with Gasteiger partial charge in [0, 0.05) is 23.7 Å². The first-order valence-electron chi connectivity index (χ1n) is 13.2. The fourth-order valence-corrected chi connectivity index (χ4v) is 6.09. The first kappa shape index (κ1) is 31.2. The van der Waals surface area contributed by atoms with Gasteiger partial charge in [0.15, 0.2) is 0 Å². The summed E-state index contributed by atoms with van der Waals surface area (Å²) < 4.78 is 32.3. The molecule has 1 aromatic rings. The van der Waals surface area contributed by atoms with Crippen LogP contribution in [-0.2, 0) is 29.2 Å². The van der Waals surface area contributed by atoms with Crippen LogP contribution in [0.4, 0.5) is 5.69 Å². The number of sulfonamides is 1. The average molecular weight is 540 g/mol. The highest BCUT2D eigenvalue weighted by Gasteiger charge is 2.47. The van der Waals surface area contributed by atoms with E-state index in [1.165, 1.54) is 50.3 Å². The van der Waals surface area contributed by atoms with Crippen LogP contribution in [0.2, 0.25) is 0 Å². The van der Waals surface area contributed by atoms with Crippen molar-refractivity contribution in [2.75, 3.05) is 18.5 Å². The summed E-state index contributed by atoms with van der Waals surface area (Å²) in [6.45, 7) is 12.4. The van der Waals surface area contributed by atoms with Crippen molar-refractivity contribution in [3.63, 3.8) is 0 Å². The Morgan fingerprint density at radius 3 is 2.27 bits per heavy atom. The average Bonchev–Trinajstić information content (AvgIpc) is 2.77. The zero-order valence-electron chi connectivity index (χ0n) is 23.3. The topological polar surface area (TPSA) is 114 Å². The van der Waals surface area contributed by atoms with Crippen LogP contribution in [-0.4, -0.2) is 55.7 Å². The number of ether oxygens (including phenoxy) is 1. The number of unbranched alkanes of at least 4 members (excludes halogenated alkanes) is 5. The minimum atomic E-state index is -3.99. The highest BCUT2D eigenvalue weighted by atomic mass is 32.2. The third-order valence-electron chi connectivity index (χ3n) is 6.43. The molecule has 2 N–H and O–H groups in total. The van der Waals surface area contributed by atoms with Gasteiger partial charge in [0.05, 0.1) is 17.6 Å². The number of nitrogens with one attached hydrogen (secondary N) is 2. The molecule has 37 heavy (non-hydrogen) atoms. The monoisotopic (exact) mass is 539 g/mol. The van der Waals surface area contributed by atoms with Crippen LogP contribution in [0.5, 0.6) is 0 Å². The maximum Gasteiger partial charge on any atom is 0.264 e. The van der Waals surface area contributed by atoms with Crippen molar-refractivity contribution in [1.29, 1.82) is 0 Å². The number of rotatable bonds is 14. The summed E-state index contributed by atoms with van der Waals surface area (Å²) >= 11 is 0. The second-order valence-electron chi connectivity index (χ2n) is 11.1. The SMILES string of the molecule is CCCCCCCCON1C(C)(C)CC(OCC(=O)Nc2cccc(S(=O)(=O)NC(C)=O)c2)CC1(C)C. The summed E-state index contributed by atoms with van der Waals surface area (Å²) in [7, 11) is -3.99. The molecule has 0 radical (unpaired) electrons. The number of hydroxylamine groups is 2. The number of benzene rings is 1. The Morgan fingerprint density at radius 2 is 1.65 bits per heavy atom. The van der Waals surface area contributed by atoms with Gasteiger partial charge in [-0.15, -0.1) is 0 Å². The van der Waals surface area contributed by atoms with Gasteiger partial charge in [-0.1, -0.05) is 45.1 Å². The quantitative estimate of drug-likeness (QED) is 0.327. The summed E-state index contributed by atoms with van der Waals surface area (Å²) in [5.74, 6) is -1.07. The molecule has 210 valence electrons. The predicted octanol–water partition coefficient (Wildman–Crippen LogP) is 4.78. The zero-order chi connectivity index (χ0) is 27.7. The molecule has 0 aliphatic carbocycles. The van der Waals surface area contributed by atoms with Gasteiger partial charge in [-0.3, -0.25) is 14.4 Å². The molecular formula is C27H45N3O6S. The lowest BCUT2D eigenvalue weighted by molar-refractivity contribution is -0.294. The van der Waals surface area contributed by atoms with Gasteiger partial charge in [0.1, 0.15) is 6.61 Å². The van der Waals surface area contributed by atoms with Crippen molar-refractivity contribution in [3.8, 4) is 0 Å². The number of anilines is 1. The molecule has 1 saturated heterocycles. The molecule has 0 aromatic heterocycles. The van der Waals surface area contributed by atoms with Gasteiger partial charge in [-0.05, 0) is 65.2 Å². The van der Waals surface area contributed by atoms with Gasteiger partial charge in [0.25, 0.3) is 10.0 Å². The number of carbonyl (C=O) groups excluding carboxylic acids is 2. The van der Waals surface area contributed by atoms with E-state index < -0.39 is 15.9 Å². The van der Waals surface area contributed by atoms with Gasteiger partial charge in [-0.2, -0.15) is 5.06 Å². The van der Waals surface area contributed by atoms with E-state index in [0.29, 0.717) is 25.1 Å². The molecule has 0 bridgehead atoms. The molecule has 0 saturated carbocycles. The predicted molar refractivity (Wildman–Crippen MR) is 144 cm³/mol. The number of hydrogen-bond acceptors (Lipinski definition) is 7. The number of amides is 2. The molecule has 1 aliphatic rings. The zero-order valence-corrected chi connectivity index (χ0v) is 24.1. The van der Waals surface area contributed by atoms with Crippen LogP contribution < -0.4 is 10.0 Å². The van der Waals surface area contributed by atoms with Crippen molar-refractivity contribution in [2.24, 2.45) is 0 Å². The fraction of sp³-hybridized carbons (Fsp3) is 0.704. The van der Waals surface area contributed by atoms with E-state index in [-0.39, 0.29) is 34.6 Å². The molecule has 10 heteroatoms. The molecule has 2 amide bonds. The molecule has 1 aromatic carbocycles. The van der Waals surface area contributed by atoms with E-state index in [2.05, 4.69) is 45.0 Å². The Bertz CT molecular complexity index is 991. The molecule has 1 heterocycles. The number of carbonyl (C=O) groups is 2. The Hall–Kier alpha value is -2.01. The van der Waals surface area contributed by atoms with E-state index in [9.17, 15) is 18.0 Å². The van der Waals surface area contributed by atoms with Gasteiger partial charge in [0.2, 0.25) is 11.8 Å². The maximum atomic E-state index is 12.6. The number of piperidine rings is 1. The molecule has 0 unspecified atom stereocenters. The van der Waals surface area contributed by atoms with E-state index >= 15 is 0 Å². The third kappa shape index (κ3) is 10.00. The molecule has 0 atom stereocenters. The lowest BCUT2D eigenvalue weighted by atomic mass is 9.80. The first-order chi connectivity index (χ1) is 17.3. The largest absolute Gasteiger partial charge is 0.368 e. The van der Waals surface area contributed by atoms with Crippen molar-refractivity contribution < 1.29 is 27.6 Å². The minimum absolute atomic E-state index is 0.113. The highest BCUT2D eigenvalue weighted by Crippen LogP contribution is 2.39. The van der Waals surface area contributed by atoms with E-state index in [1.54, 1.807) is 6.07 Å². The lowest BCUT2D eigenvalue weighted by Gasteiger charge is -2.53. The van der Waals surface area contributed by atoms with Crippen LogP contribution in [0.25, 0.3) is 0 Å². The third-order valence-corrected chi connectivity index (χ3v) is 7.86. The van der Waals surface area contributed by atoms with Crippen molar-refractivity contribution in [1.82, 2.24) is 9.79 Å². The Morgan fingerprint density at radius 1 is 1.03 bits per heavy atom. The van der Waals surface area contributed by atoms with Crippen LogP contribution in [0.15, 0.2) is 29.2 Å². The number of hydrogen-bond donors (Lipinski definition) is 2. The second kappa shape index (κ2) is 13.7. The highest BCUT2D eigenvalue weighted by molar-refractivity contribution is 7.90. The molecule has 9 nitrogen and oxygen atoms in total. The Kier molecular flexibility index (Phi) is 11.5. The Labute approximate surface area is 222 Å². The van der Waals surface area contributed by atoms with E-state index in [0.717, 1.165) is 13.3 Å². The maximum absolute atomic E-state index is 12.6. The standard InChI is InChI=1S/C27H45N3O6S/c1-7-8-9-10-11-12-16-36-30-26(3,4)18-23(19-27(30,5)6)35-20-25(32)28-22-14-13-15-24(17-22)37(33,34)29-21(2)31/h13-15,17,23H,7-12,16,18-20H2,1-6H3,(H,28,32)(H,29,31). The summed E-state index contributed by atoms with van der Waals surface area (Å²) in [6.07, 6.45) is 8.58. The first-order valence-corrected chi connectivity index (χ1v) is 14.7. The summed E-state index contributed by atoms with van der Waals surface area (Å²) in [4.78, 5) is 29.9. The van der Waals surface area contributed by atoms with Crippen molar-refractivity contribution in [2.45, 2.75) is 115 Å². The van der Waals surface area contributed by atoms with E-state index in [4.69, 9.17) is 9.57 Å². The molecule has 2 rings (SSSR count). The van der Waals surface area contributed by atoms with Crippen LogP contribution >= 0.6 is 0 Å². The van der Waals surface area contributed by atoms with Crippen LogP contribution in [0.1, 0.15) is 92.9 Å². The smallest absolute Gasteiger partial charge is 0.264 e. The van der Waals surface area contributed by atoms with Crippen LogP contribution in [0.3, 0.4) is 0 Å². The van der Waals surface area contributed by atoms with Crippen LogP contribution in [0, 0.1) is 0 Å². The summed E-state index contributed by atoms with van der Waals surface area (Å²) in [5.41, 5.74) is -0.228. The summed E-state index contributed by atoms with van der Waals surface area (Å²) in [6, 6.07) is 5.73. The fourth-order valence-electron chi connectivity index (χ4n) is 5.06. The van der Waals surface area contributed by atoms with Gasteiger partial charge >= 0.3 is 0 Å². The normalized spacial score (nSPS) is 17.9. The molecular weight excluding hydrogens is 494 g/mol. The minimum Gasteiger partial charge on any atom is -0.368 e. The lowest BCUT2D eigenvalue weighted by Crippen LogP contribution is -2.62.